The fourth-order valence-corrected chi connectivity index (χ4v) is 2.70. The highest BCUT2D eigenvalue weighted by Crippen LogP contribution is 2.20. The third-order valence-electron chi connectivity index (χ3n) is 4.23. The van der Waals surface area contributed by atoms with Crippen LogP contribution in [0, 0.1) is 17.2 Å². The minimum absolute atomic E-state index is 0.100. The zero-order valence-electron chi connectivity index (χ0n) is 13.0. The molecule has 0 saturated carbocycles. The summed E-state index contributed by atoms with van der Waals surface area (Å²) >= 11 is 0. The van der Waals surface area contributed by atoms with Crippen molar-refractivity contribution in [3.05, 3.63) is 29.8 Å². The fourth-order valence-electron chi connectivity index (χ4n) is 2.70. The van der Waals surface area contributed by atoms with Crippen LogP contribution < -0.4 is 10.1 Å². The van der Waals surface area contributed by atoms with Crippen LogP contribution in [-0.4, -0.2) is 38.2 Å². The largest absolute Gasteiger partial charge is 0.479 e. The van der Waals surface area contributed by atoms with E-state index in [4.69, 9.17) is 10.00 Å². The molecule has 0 aromatic heterocycles. The molecule has 0 bridgehead atoms. The van der Waals surface area contributed by atoms with Gasteiger partial charge < -0.3 is 15.0 Å². The van der Waals surface area contributed by atoms with Gasteiger partial charge >= 0.3 is 0 Å². The maximum absolute atomic E-state index is 8.49. The lowest BCUT2D eigenvalue weighted by molar-refractivity contribution is 0.213. The first-order valence-corrected chi connectivity index (χ1v) is 7.70. The number of likely N-dealkylation sites (tertiary alicyclic amines) is 1. The molecule has 0 radical (unpaired) electrons. The summed E-state index contributed by atoms with van der Waals surface area (Å²) in [6, 6.07) is 10.3. The van der Waals surface area contributed by atoms with Gasteiger partial charge in [0.25, 0.3) is 0 Å². The maximum Gasteiger partial charge on any atom is 0.174 e. The van der Waals surface area contributed by atoms with Gasteiger partial charge in [-0.2, -0.15) is 5.26 Å². The van der Waals surface area contributed by atoms with E-state index in [9.17, 15) is 0 Å². The van der Waals surface area contributed by atoms with Crippen molar-refractivity contribution in [2.75, 3.05) is 33.3 Å². The molecule has 0 amide bonds. The molecule has 4 heteroatoms. The first-order chi connectivity index (χ1) is 10.2. The normalized spacial score (nSPS) is 18.1. The predicted octanol–water partition coefficient (Wildman–Crippen LogP) is 2.58. The second-order valence-corrected chi connectivity index (χ2v) is 5.89. The Morgan fingerprint density at radius 1 is 1.33 bits per heavy atom. The molecule has 114 valence electrons. The molecule has 1 unspecified atom stereocenters. The Bertz CT molecular complexity index is 458. The van der Waals surface area contributed by atoms with E-state index in [-0.39, 0.29) is 6.61 Å². The van der Waals surface area contributed by atoms with E-state index in [0.29, 0.717) is 6.04 Å². The lowest BCUT2D eigenvalue weighted by Gasteiger charge is -2.30. The highest BCUT2D eigenvalue weighted by atomic mass is 16.5. The van der Waals surface area contributed by atoms with Crippen molar-refractivity contribution in [1.29, 1.82) is 5.26 Å². The number of ether oxygens (including phenoxy) is 1. The Morgan fingerprint density at radius 2 is 2.00 bits per heavy atom. The van der Waals surface area contributed by atoms with Crippen LogP contribution in [0.2, 0.25) is 0 Å². The molecule has 4 nitrogen and oxygen atoms in total. The number of benzene rings is 1. The third kappa shape index (κ3) is 5.04. The monoisotopic (exact) mass is 287 g/mol. The molecule has 0 spiro atoms. The molecular weight excluding hydrogens is 262 g/mol. The van der Waals surface area contributed by atoms with Gasteiger partial charge in [-0.25, -0.2) is 0 Å². The zero-order valence-corrected chi connectivity index (χ0v) is 13.0. The van der Waals surface area contributed by atoms with E-state index >= 15 is 0 Å². The molecule has 1 aromatic rings. The van der Waals surface area contributed by atoms with Crippen molar-refractivity contribution in [2.24, 2.45) is 5.92 Å². The molecule has 1 atom stereocenters. The molecule has 0 aliphatic carbocycles. The van der Waals surface area contributed by atoms with E-state index in [2.05, 4.69) is 36.3 Å². The molecule has 1 aliphatic rings. The molecule has 1 fully saturated rings. The Morgan fingerprint density at radius 3 is 2.62 bits per heavy atom. The second kappa shape index (κ2) is 8.02. The summed E-state index contributed by atoms with van der Waals surface area (Å²) in [6.45, 7) is 5.81. The van der Waals surface area contributed by atoms with Crippen molar-refractivity contribution in [1.82, 2.24) is 10.2 Å². The van der Waals surface area contributed by atoms with Crippen LogP contribution in [0.4, 0.5) is 0 Å². The quantitative estimate of drug-likeness (QED) is 0.873. The molecule has 1 aliphatic heterocycles. The zero-order chi connectivity index (χ0) is 15.1. The van der Waals surface area contributed by atoms with E-state index in [1.54, 1.807) is 0 Å². The number of nitriles is 1. The molecule has 1 heterocycles. The van der Waals surface area contributed by atoms with Crippen LogP contribution in [-0.2, 0) is 0 Å². The summed E-state index contributed by atoms with van der Waals surface area (Å²) in [5.74, 6) is 1.55. The number of nitrogens with zero attached hydrogens (tertiary/aromatic N) is 2. The summed E-state index contributed by atoms with van der Waals surface area (Å²) in [7, 11) is 2.20. The first-order valence-electron chi connectivity index (χ1n) is 7.70. The Hall–Kier alpha value is -1.57. The summed E-state index contributed by atoms with van der Waals surface area (Å²) in [5, 5.41) is 12.1. The van der Waals surface area contributed by atoms with Gasteiger partial charge in [0.05, 0.1) is 0 Å². The number of nitrogens with one attached hydrogen (secondary N) is 1. The third-order valence-corrected chi connectivity index (χ3v) is 4.23. The number of hydrogen-bond acceptors (Lipinski definition) is 4. The topological polar surface area (TPSA) is 48.3 Å². The highest BCUT2D eigenvalue weighted by molar-refractivity contribution is 5.29. The Labute approximate surface area is 127 Å². The van der Waals surface area contributed by atoms with Gasteiger partial charge in [0.15, 0.2) is 6.61 Å². The Kier molecular flexibility index (Phi) is 6.04. The van der Waals surface area contributed by atoms with Crippen molar-refractivity contribution >= 4 is 0 Å². The molecule has 2 rings (SSSR count). The number of rotatable bonds is 6. The highest BCUT2D eigenvalue weighted by Gasteiger charge is 2.17. The first kappa shape index (κ1) is 15.8. The van der Waals surface area contributed by atoms with E-state index < -0.39 is 0 Å². The van der Waals surface area contributed by atoms with Gasteiger partial charge in [-0.15, -0.1) is 0 Å². The fraction of sp³-hybridized carbons (Fsp3) is 0.588. The molecular formula is C17H25N3O. The number of piperidine rings is 1. The van der Waals surface area contributed by atoms with Gasteiger partial charge in [-0.1, -0.05) is 12.1 Å². The minimum Gasteiger partial charge on any atom is -0.479 e. The summed E-state index contributed by atoms with van der Waals surface area (Å²) in [5.41, 5.74) is 1.26. The molecule has 1 N–H and O–H groups in total. The average Bonchev–Trinajstić information content (AvgIpc) is 2.52. The van der Waals surface area contributed by atoms with E-state index in [0.717, 1.165) is 18.2 Å². The van der Waals surface area contributed by atoms with Gasteiger partial charge in [0.2, 0.25) is 0 Å². The van der Waals surface area contributed by atoms with Crippen molar-refractivity contribution in [3.8, 4) is 11.8 Å². The number of hydrogen-bond donors (Lipinski definition) is 1. The maximum atomic E-state index is 8.49. The summed E-state index contributed by atoms with van der Waals surface area (Å²) in [4.78, 5) is 2.40. The average molecular weight is 287 g/mol. The van der Waals surface area contributed by atoms with Gasteiger partial charge in [-0.3, -0.25) is 0 Å². The molecule has 1 aromatic carbocycles. The van der Waals surface area contributed by atoms with Crippen molar-refractivity contribution in [3.63, 3.8) is 0 Å². The summed E-state index contributed by atoms with van der Waals surface area (Å²) in [6.07, 6.45) is 2.58. The van der Waals surface area contributed by atoms with Crippen LogP contribution in [0.5, 0.6) is 5.75 Å². The smallest absolute Gasteiger partial charge is 0.174 e. The van der Waals surface area contributed by atoms with E-state index in [1.807, 2.05) is 18.2 Å². The van der Waals surface area contributed by atoms with Crippen molar-refractivity contribution in [2.45, 2.75) is 25.8 Å². The van der Waals surface area contributed by atoms with Crippen LogP contribution in [0.3, 0.4) is 0 Å². The summed E-state index contributed by atoms with van der Waals surface area (Å²) < 4.78 is 5.27. The van der Waals surface area contributed by atoms with Crippen LogP contribution >= 0.6 is 0 Å². The van der Waals surface area contributed by atoms with Crippen molar-refractivity contribution < 1.29 is 4.74 Å². The lowest BCUT2D eigenvalue weighted by atomic mass is 9.96. The van der Waals surface area contributed by atoms with Gasteiger partial charge in [-0.05, 0) is 70.1 Å². The van der Waals surface area contributed by atoms with Crippen LogP contribution in [0.15, 0.2) is 24.3 Å². The lowest BCUT2D eigenvalue weighted by Crippen LogP contribution is -2.35. The predicted molar refractivity (Wildman–Crippen MR) is 84.2 cm³/mol. The SMILES string of the molecule is CC(NCC1CCN(C)CC1)c1ccc(OCC#N)cc1. The minimum atomic E-state index is 0.100. The molecule has 21 heavy (non-hydrogen) atoms. The van der Waals surface area contributed by atoms with Crippen LogP contribution in [0.1, 0.15) is 31.4 Å². The Balaban J connectivity index is 1.77. The second-order valence-electron chi connectivity index (χ2n) is 5.89. The molecule has 1 saturated heterocycles. The van der Waals surface area contributed by atoms with E-state index in [1.165, 1.54) is 31.5 Å². The standard InChI is InChI=1S/C17H25N3O/c1-14(19-13-15-7-10-20(2)11-8-15)16-3-5-17(6-4-16)21-12-9-18/h3-6,14-15,19H,7-8,10-13H2,1-2H3. The van der Waals surface area contributed by atoms with Gasteiger partial charge in [0.1, 0.15) is 11.8 Å². The van der Waals surface area contributed by atoms with Crippen LogP contribution in [0.25, 0.3) is 0 Å². The van der Waals surface area contributed by atoms with Gasteiger partial charge in [0, 0.05) is 6.04 Å².